The van der Waals surface area contributed by atoms with Crippen molar-refractivity contribution in [1.82, 2.24) is 15.0 Å². The van der Waals surface area contributed by atoms with Crippen LogP contribution in [-0.2, 0) is 51.5 Å². The molecule has 0 atom stereocenters. The normalized spacial score (nSPS) is 11.2. The first-order valence-corrected chi connectivity index (χ1v) is 11.6. The van der Waals surface area contributed by atoms with Gasteiger partial charge >= 0.3 is 0 Å². The van der Waals surface area contributed by atoms with Gasteiger partial charge in [-0.2, -0.15) is 0 Å². The molecule has 195 valence electrons. The number of benzene rings is 3. The molecule has 14 nitrogen and oxygen atoms in total. The van der Waals surface area contributed by atoms with Gasteiger partial charge < -0.3 is 31.1 Å². The Labute approximate surface area is 249 Å². The van der Waals surface area contributed by atoms with Crippen LogP contribution >= 0.6 is 24.1 Å². The van der Waals surface area contributed by atoms with Crippen molar-refractivity contribution in [2.75, 3.05) is 11.1 Å². The number of aromatic hydroxyl groups is 1. The molecule has 0 fully saturated rings. The number of rotatable bonds is 10. The number of nitrogens with zero attached hydrogens (tertiary/aromatic N) is 5. The molecule has 0 aliphatic rings. The number of nitrogens with two attached hydrogens (primary N) is 1. The molecule has 0 aliphatic heterocycles. The molecule has 0 aliphatic carbocycles. The minimum absolute atomic E-state index is 0. The first kappa shape index (κ1) is 30.0. The van der Waals surface area contributed by atoms with Crippen molar-refractivity contribution in [3.63, 3.8) is 0 Å². The van der Waals surface area contributed by atoms with Crippen molar-refractivity contribution in [1.29, 1.82) is 0 Å². The molecule has 3 aromatic carbocycles. The molecule has 0 spiro atoms. The molecule has 4 aromatic rings. The number of hydrogen-bond donors (Lipinski definition) is 5. The molecule has 0 saturated carbocycles. The smallest absolute Gasteiger partial charge is 0.126 e. The van der Waals surface area contributed by atoms with E-state index in [-0.39, 0.29) is 50.1 Å². The van der Waals surface area contributed by atoms with Crippen LogP contribution in [0.15, 0.2) is 56.4 Å². The van der Waals surface area contributed by atoms with E-state index in [1.165, 1.54) is 6.07 Å². The van der Waals surface area contributed by atoms with Crippen molar-refractivity contribution >= 4 is 63.6 Å². The summed E-state index contributed by atoms with van der Waals surface area (Å²) >= 11 is 1.38. The van der Waals surface area contributed by atoms with E-state index in [1.807, 2.05) is 0 Å². The van der Waals surface area contributed by atoms with Gasteiger partial charge in [0, 0.05) is 55.4 Å². The first-order valence-electron chi connectivity index (χ1n) is 10.2. The Morgan fingerprint density at radius 3 is 2.50 bits per heavy atom. The SMILES string of the molecule is Cc1n[c-]nc(Nc2ccc(N=Nc3c(N)c(C)cc4cc(SOOO)cc(O)c34)c(SOOO)c2)n1.[Y]. The quantitative estimate of drug-likeness (QED) is 0.0353. The zero-order chi connectivity index (χ0) is 26.4. The van der Waals surface area contributed by atoms with E-state index in [4.69, 9.17) is 16.2 Å². The summed E-state index contributed by atoms with van der Waals surface area (Å²) in [6, 6.07) is 9.81. The number of phenols is 1. The summed E-state index contributed by atoms with van der Waals surface area (Å²) in [6.07, 6.45) is 2.49. The van der Waals surface area contributed by atoms with Gasteiger partial charge in [-0.05, 0) is 54.3 Å². The third kappa shape index (κ3) is 7.32. The molecule has 1 radical (unpaired) electrons. The summed E-state index contributed by atoms with van der Waals surface area (Å²) in [7, 11) is 0. The van der Waals surface area contributed by atoms with Crippen LogP contribution in [0.4, 0.5) is 28.7 Å². The van der Waals surface area contributed by atoms with Gasteiger partial charge in [-0.3, -0.25) is 0 Å². The number of hydrogen-bond acceptors (Lipinski definition) is 16. The van der Waals surface area contributed by atoms with Crippen molar-refractivity contribution < 1.29 is 67.1 Å². The second kappa shape index (κ2) is 14.0. The van der Waals surface area contributed by atoms with Gasteiger partial charge in [0.15, 0.2) is 0 Å². The van der Waals surface area contributed by atoms with Gasteiger partial charge in [-0.1, -0.05) is 17.0 Å². The molecular formula is C21H18N7O7S2Y-. The second-order valence-electron chi connectivity index (χ2n) is 7.26. The number of nitrogen functional groups attached to an aromatic ring is 1. The van der Waals surface area contributed by atoms with Gasteiger partial charge in [0.25, 0.3) is 0 Å². The van der Waals surface area contributed by atoms with Crippen LogP contribution in [0.2, 0.25) is 0 Å². The zero-order valence-electron chi connectivity index (χ0n) is 19.6. The standard InChI is InChI=1S/C21H18N7O7S2.Y/c1-10-5-12-6-14(36-34-32-30)8-16(29)18(12)20(19(10)22)28-27-15-4-3-13(7-17(15)37-35-33-31)26-21-24-9-23-11(2)25-21;/h3-8,29-31H,22H2,1-2H3,(H,23,24,25,26);/q-1;. The number of nitrogens with one attached hydrogen (secondary N) is 1. The Kier molecular flexibility index (Phi) is 11.1. The Hall–Kier alpha value is -2.51. The van der Waals surface area contributed by atoms with Crippen molar-refractivity contribution in [2.45, 2.75) is 23.6 Å². The maximum atomic E-state index is 10.7. The van der Waals surface area contributed by atoms with Crippen LogP contribution in [0, 0.1) is 20.2 Å². The van der Waals surface area contributed by atoms with Crippen LogP contribution in [0.1, 0.15) is 11.4 Å². The van der Waals surface area contributed by atoms with Gasteiger partial charge in [-0.15, -0.1) is 18.9 Å². The summed E-state index contributed by atoms with van der Waals surface area (Å²) < 4.78 is 9.05. The zero-order valence-corrected chi connectivity index (χ0v) is 24.1. The van der Waals surface area contributed by atoms with Gasteiger partial charge in [0.2, 0.25) is 0 Å². The minimum atomic E-state index is -0.141. The molecule has 1 aromatic heterocycles. The third-order valence-corrected chi connectivity index (χ3v) is 6.03. The summed E-state index contributed by atoms with van der Waals surface area (Å²) in [5, 5.41) is 47.6. The third-order valence-electron chi connectivity index (χ3n) is 4.83. The first-order chi connectivity index (χ1) is 17.9. The number of azo groups is 1. The number of phenolic OH excluding ortho intramolecular Hbond substituents is 1. The van der Waals surface area contributed by atoms with Crippen LogP contribution in [0.3, 0.4) is 0 Å². The average Bonchev–Trinajstić information content (AvgIpc) is 2.87. The molecule has 0 saturated heterocycles. The van der Waals surface area contributed by atoms with E-state index >= 15 is 0 Å². The van der Waals surface area contributed by atoms with Crippen molar-refractivity contribution in [2.24, 2.45) is 10.2 Å². The molecule has 6 N–H and O–H groups in total. The molecule has 0 amide bonds. The fourth-order valence-corrected chi connectivity index (χ4v) is 4.18. The molecule has 4 rings (SSSR count). The fraction of sp³-hybridized carbons (Fsp3) is 0.0952. The second-order valence-corrected chi connectivity index (χ2v) is 8.78. The fourth-order valence-electron chi connectivity index (χ4n) is 3.26. The maximum absolute atomic E-state index is 10.7. The maximum Gasteiger partial charge on any atom is 0.126 e. The van der Waals surface area contributed by atoms with Gasteiger partial charge in [0.1, 0.15) is 23.1 Å². The van der Waals surface area contributed by atoms with E-state index in [2.05, 4.69) is 55.6 Å². The van der Waals surface area contributed by atoms with Crippen molar-refractivity contribution in [3.8, 4) is 5.75 Å². The summed E-state index contributed by atoms with van der Waals surface area (Å²) in [4.78, 5) is 12.8. The monoisotopic (exact) mass is 633 g/mol. The van der Waals surface area contributed by atoms with E-state index < -0.39 is 0 Å². The van der Waals surface area contributed by atoms with Gasteiger partial charge in [0.05, 0.1) is 40.1 Å². The predicted molar refractivity (Wildman–Crippen MR) is 133 cm³/mol. The predicted octanol–water partition coefficient (Wildman–Crippen LogP) is 5.74. The van der Waals surface area contributed by atoms with Crippen LogP contribution < -0.4 is 11.1 Å². The van der Waals surface area contributed by atoms with Crippen LogP contribution in [0.5, 0.6) is 5.75 Å². The number of aryl methyl sites for hydroxylation is 2. The minimum Gasteiger partial charge on any atom is -0.507 e. The van der Waals surface area contributed by atoms with E-state index in [0.29, 0.717) is 73.1 Å². The Balaban J connectivity index is 0.00000400. The number of fused-ring (bicyclic) bond motifs is 1. The van der Waals surface area contributed by atoms with Crippen molar-refractivity contribution in [3.05, 3.63) is 54.1 Å². The van der Waals surface area contributed by atoms with E-state index in [0.717, 1.165) is 0 Å². The molecule has 0 bridgehead atoms. The van der Waals surface area contributed by atoms with Gasteiger partial charge in [-0.25, -0.2) is 10.5 Å². The Morgan fingerprint density at radius 2 is 1.76 bits per heavy atom. The van der Waals surface area contributed by atoms with E-state index in [9.17, 15) is 5.11 Å². The Bertz CT molecular complexity index is 1470. The van der Waals surface area contributed by atoms with Crippen LogP contribution in [0.25, 0.3) is 10.8 Å². The summed E-state index contributed by atoms with van der Waals surface area (Å²) in [5.74, 6) is 0.624. The molecule has 0 unspecified atom stereocenters. The number of aromatic nitrogens is 3. The topological polar surface area (TPSA) is 199 Å². The molecule has 17 heteroatoms. The molecule has 38 heavy (non-hydrogen) atoms. The van der Waals surface area contributed by atoms with E-state index in [1.54, 1.807) is 44.2 Å². The molecule has 1 heterocycles. The summed E-state index contributed by atoms with van der Waals surface area (Å²) in [6.45, 7) is 3.49. The average molecular weight is 633 g/mol. The van der Waals surface area contributed by atoms with Crippen LogP contribution in [-0.4, -0.2) is 30.6 Å². The largest absolute Gasteiger partial charge is 0.507 e. The molecular weight excluding hydrogens is 615 g/mol. The number of anilines is 3. The Morgan fingerprint density at radius 1 is 1.00 bits per heavy atom. The summed E-state index contributed by atoms with van der Waals surface area (Å²) in [5.41, 5.74) is 8.42.